The van der Waals surface area contributed by atoms with Crippen LogP contribution < -0.4 is 4.74 Å². The minimum atomic E-state index is -0.908. The lowest BCUT2D eigenvalue weighted by molar-refractivity contribution is -0.153. The zero-order valence-corrected chi connectivity index (χ0v) is 19.9. The van der Waals surface area contributed by atoms with Crippen molar-refractivity contribution in [3.63, 3.8) is 0 Å². The summed E-state index contributed by atoms with van der Waals surface area (Å²) in [5.74, 6) is 2.81. The van der Waals surface area contributed by atoms with Gasteiger partial charge >= 0.3 is 5.97 Å². The van der Waals surface area contributed by atoms with Crippen molar-refractivity contribution in [2.75, 3.05) is 0 Å². The number of rotatable bonds is 8. The van der Waals surface area contributed by atoms with E-state index in [2.05, 4.69) is 42.8 Å². The van der Waals surface area contributed by atoms with Gasteiger partial charge in [0.05, 0.1) is 15.0 Å². The highest BCUT2D eigenvalue weighted by Gasteiger charge is 2.26. The number of allylic oxidation sites excluding steroid dienone is 1. The molecule has 0 saturated carbocycles. The van der Waals surface area contributed by atoms with Gasteiger partial charge in [0, 0.05) is 11.1 Å². The van der Waals surface area contributed by atoms with Crippen LogP contribution in [0.15, 0.2) is 51.9 Å². The van der Waals surface area contributed by atoms with Crippen LogP contribution in [0.4, 0.5) is 0 Å². The number of hydrogen-bond donors (Lipinski definition) is 0. The van der Waals surface area contributed by atoms with Crippen molar-refractivity contribution in [1.29, 1.82) is 0 Å². The van der Waals surface area contributed by atoms with Crippen molar-refractivity contribution in [3.8, 4) is 24.0 Å². The molecule has 0 N–H and O–H groups in total. The summed E-state index contributed by atoms with van der Waals surface area (Å²) in [6.45, 7) is 3.93. The van der Waals surface area contributed by atoms with Crippen LogP contribution in [0.2, 0.25) is 5.02 Å². The van der Waals surface area contributed by atoms with Crippen molar-refractivity contribution in [1.82, 2.24) is 4.98 Å². The van der Waals surface area contributed by atoms with E-state index in [1.54, 1.807) is 42.5 Å². The molecule has 1 aromatic heterocycles. The second-order valence-electron chi connectivity index (χ2n) is 6.52. The lowest BCUT2D eigenvalue weighted by atomic mass is 9.92. The van der Waals surface area contributed by atoms with E-state index in [0.717, 1.165) is 3.39 Å². The SMILES string of the molecule is C#CC(OC(=O)C(CC=C(Br)Br)C(C)C)c1cccc(Oc2ccc(Cl)cc2)n1. The van der Waals surface area contributed by atoms with Crippen LogP contribution in [0.5, 0.6) is 11.6 Å². The van der Waals surface area contributed by atoms with Gasteiger partial charge in [0.15, 0.2) is 0 Å². The predicted molar refractivity (Wildman–Crippen MR) is 122 cm³/mol. The van der Waals surface area contributed by atoms with Gasteiger partial charge in [-0.1, -0.05) is 43.5 Å². The van der Waals surface area contributed by atoms with Gasteiger partial charge in [-0.25, -0.2) is 4.98 Å². The molecular formula is C22H20Br2ClNO3. The molecule has 0 aliphatic carbocycles. The van der Waals surface area contributed by atoms with E-state index in [1.807, 2.05) is 19.9 Å². The van der Waals surface area contributed by atoms with Crippen molar-refractivity contribution >= 4 is 49.4 Å². The third kappa shape index (κ3) is 7.50. The molecule has 2 aromatic rings. The fourth-order valence-electron chi connectivity index (χ4n) is 2.50. The summed E-state index contributed by atoms with van der Waals surface area (Å²) in [6.07, 6.45) is 7.10. The molecule has 7 heteroatoms. The Morgan fingerprint density at radius 3 is 2.52 bits per heavy atom. The van der Waals surface area contributed by atoms with E-state index in [-0.39, 0.29) is 17.8 Å². The highest BCUT2D eigenvalue weighted by molar-refractivity contribution is 9.28. The average molecular weight is 542 g/mol. The quantitative estimate of drug-likeness (QED) is 0.266. The number of halogens is 3. The molecule has 0 aliphatic heterocycles. The zero-order chi connectivity index (χ0) is 21.4. The minimum absolute atomic E-state index is 0.0871. The molecule has 2 unspecified atom stereocenters. The maximum atomic E-state index is 12.7. The first kappa shape index (κ1) is 23.5. The van der Waals surface area contributed by atoms with Gasteiger partial charge in [0.25, 0.3) is 0 Å². The summed E-state index contributed by atoms with van der Waals surface area (Å²) in [7, 11) is 0. The highest BCUT2D eigenvalue weighted by Crippen LogP contribution is 2.27. The van der Waals surface area contributed by atoms with Gasteiger partial charge in [0.1, 0.15) is 5.75 Å². The number of pyridine rings is 1. The van der Waals surface area contributed by atoms with Gasteiger partial charge in [-0.15, -0.1) is 6.42 Å². The van der Waals surface area contributed by atoms with E-state index in [4.69, 9.17) is 27.5 Å². The molecule has 29 heavy (non-hydrogen) atoms. The first-order chi connectivity index (χ1) is 13.8. The van der Waals surface area contributed by atoms with E-state index in [9.17, 15) is 4.79 Å². The molecule has 1 heterocycles. The third-order valence-electron chi connectivity index (χ3n) is 4.07. The lowest BCUT2D eigenvalue weighted by Gasteiger charge is -2.20. The Morgan fingerprint density at radius 1 is 1.24 bits per heavy atom. The maximum Gasteiger partial charge on any atom is 0.311 e. The Labute approximate surface area is 192 Å². The van der Waals surface area contributed by atoms with Crippen molar-refractivity contribution in [3.05, 3.63) is 62.6 Å². The Kier molecular flexibility index (Phi) is 9.22. The molecule has 0 amide bonds. The molecular weight excluding hydrogens is 522 g/mol. The summed E-state index contributed by atoms with van der Waals surface area (Å²) < 4.78 is 12.1. The molecule has 4 nitrogen and oxygen atoms in total. The monoisotopic (exact) mass is 539 g/mol. The summed E-state index contributed by atoms with van der Waals surface area (Å²) in [5.41, 5.74) is 0.423. The second kappa shape index (κ2) is 11.4. The number of esters is 1. The van der Waals surface area contributed by atoms with Crippen LogP contribution >= 0.6 is 43.5 Å². The second-order valence-corrected chi connectivity index (χ2v) is 9.73. The molecule has 2 atom stereocenters. The zero-order valence-electron chi connectivity index (χ0n) is 15.9. The average Bonchev–Trinajstić information content (AvgIpc) is 2.67. The standard InChI is InChI=1S/C22H20Br2ClNO3/c1-4-19(29-22(27)17(14(2)3)12-13-20(23)24)18-6-5-7-21(26-18)28-16-10-8-15(25)9-11-16/h1,5-11,13-14,17,19H,12H2,2-3H3. The number of carbonyl (C=O) groups is 1. The van der Waals surface area contributed by atoms with Gasteiger partial charge in [-0.2, -0.15) is 0 Å². The van der Waals surface area contributed by atoms with E-state index < -0.39 is 6.10 Å². The van der Waals surface area contributed by atoms with Crippen LogP contribution in [0.25, 0.3) is 0 Å². The Morgan fingerprint density at radius 2 is 1.93 bits per heavy atom. The van der Waals surface area contributed by atoms with E-state index in [0.29, 0.717) is 28.8 Å². The summed E-state index contributed by atoms with van der Waals surface area (Å²) in [5, 5.41) is 0.611. The number of aromatic nitrogens is 1. The van der Waals surface area contributed by atoms with Crippen LogP contribution in [-0.4, -0.2) is 11.0 Å². The van der Waals surface area contributed by atoms with Crippen LogP contribution in [0.1, 0.15) is 32.1 Å². The smallest absolute Gasteiger partial charge is 0.311 e. The number of carbonyl (C=O) groups excluding carboxylic acids is 1. The minimum Gasteiger partial charge on any atom is -0.442 e. The summed E-state index contributed by atoms with van der Waals surface area (Å²) in [6, 6.07) is 12.1. The largest absolute Gasteiger partial charge is 0.442 e. The molecule has 1 aromatic carbocycles. The van der Waals surface area contributed by atoms with E-state index >= 15 is 0 Å². The molecule has 2 rings (SSSR count). The molecule has 0 bridgehead atoms. The molecule has 0 fully saturated rings. The Bertz CT molecular complexity index is 903. The number of ether oxygens (including phenoxy) is 2. The van der Waals surface area contributed by atoms with Crippen LogP contribution in [0.3, 0.4) is 0 Å². The topological polar surface area (TPSA) is 48.4 Å². The Hall–Kier alpha value is -1.81. The predicted octanol–water partition coefficient (Wildman–Crippen LogP) is 7.04. The van der Waals surface area contributed by atoms with Gasteiger partial charge in [-0.05, 0) is 74.5 Å². The first-order valence-electron chi connectivity index (χ1n) is 8.88. The molecule has 152 valence electrons. The van der Waals surface area contributed by atoms with Crippen molar-refractivity contribution in [2.45, 2.75) is 26.4 Å². The molecule has 0 saturated heterocycles. The van der Waals surface area contributed by atoms with Gasteiger partial charge < -0.3 is 9.47 Å². The highest BCUT2D eigenvalue weighted by atomic mass is 79.9. The number of benzene rings is 1. The van der Waals surface area contributed by atoms with E-state index in [1.165, 1.54) is 0 Å². The number of terminal acetylenes is 1. The lowest BCUT2D eigenvalue weighted by Crippen LogP contribution is -2.24. The molecule has 0 spiro atoms. The Balaban J connectivity index is 2.14. The summed E-state index contributed by atoms with van der Waals surface area (Å²) >= 11 is 12.5. The van der Waals surface area contributed by atoms with Crippen molar-refractivity contribution in [2.24, 2.45) is 11.8 Å². The summed E-state index contributed by atoms with van der Waals surface area (Å²) in [4.78, 5) is 17.1. The van der Waals surface area contributed by atoms with Crippen molar-refractivity contribution < 1.29 is 14.3 Å². The molecule has 0 aliphatic rings. The third-order valence-corrected chi connectivity index (χ3v) is 4.97. The number of nitrogens with zero attached hydrogens (tertiary/aromatic N) is 1. The normalized spacial score (nSPS) is 12.6. The van der Waals surface area contributed by atoms with Crippen LogP contribution in [0, 0.1) is 24.2 Å². The maximum absolute atomic E-state index is 12.7. The van der Waals surface area contributed by atoms with Gasteiger partial charge in [0.2, 0.25) is 12.0 Å². The van der Waals surface area contributed by atoms with Crippen LogP contribution in [-0.2, 0) is 9.53 Å². The first-order valence-corrected chi connectivity index (χ1v) is 10.8. The van der Waals surface area contributed by atoms with Gasteiger partial charge in [-0.3, -0.25) is 4.79 Å². The fourth-order valence-corrected chi connectivity index (χ4v) is 3.00. The fraction of sp³-hybridized carbons (Fsp3) is 0.273. The number of hydrogen-bond acceptors (Lipinski definition) is 4. The molecule has 0 radical (unpaired) electrons.